The molecule has 0 aromatic heterocycles. The predicted molar refractivity (Wildman–Crippen MR) is 163 cm³/mol. The van der Waals surface area contributed by atoms with Gasteiger partial charge in [-0.15, -0.1) is 0 Å². The molecule has 0 unspecified atom stereocenters. The SMILES string of the molecule is CN1CCN(CCCON=C2CCCCCCC2=Cc2ccccc2)CC1.O=C(O)/C=C/C(=O)O.O=C(O)/C=C/C(=O)O. The van der Waals surface area contributed by atoms with Gasteiger partial charge in [0.2, 0.25) is 0 Å². The zero-order valence-corrected chi connectivity index (χ0v) is 24.6. The van der Waals surface area contributed by atoms with Gasteiger partial charge in [0.25, 0.3) is 0 Å². The van der Waals surface area contributed by atoms with Gasteiger partial charge in [0.15, 0.2) is 0 Å². The highest BCUT2D eigenvalue weighted by atomic mass is 16.6. The summed E-state index contributed by atoms with van der Waals surface area (Å²) in [5, 5.41) is 35.8. The molecule has 4 N–H and O–H groups in total. The van der Waals surface area contributed by atoms with Crippen LogP contribution in [0.1, 0.15) is 50.5 Å². The van der Waals surface area contributed by atoms with Gasteiger partial charge in [-0.2, -0.15) is 0 Å². The third kappa shape index (κ3) is 20.3. The number of carboxylic acids is 4. The topological polar surface area (TPSA) is 177 Å². The third-order valence-corrected chi connectivity index (χ3v) is 6.34. The predicted octanol–water partition coefficient (Wildman–Crippen LogP) is 3.86. The Morgan fingerprint density at radius 2 is 1.28 bits per heavy atom. The van der Waals surface area contributed by atoms with Crippen LogP contribution in [0.3, 0.4) is 0 Å². The first-order valence-corrected chi connectivity index (χ1v) is 14.2. The number of rotatable bonds is 10. The molecule has 12 nitrogen and oxygen atoms in total. The number of likely N-dealkylation sites (N-methyl/N-ethyl adjacent to an activating group) is 1. The fourth-order valence-electron chi connectivity index (χ4n) is 4.11. The Kier molecular flexibility index (Phi) is 19.1. The average molecular weight is 602 g/mol. The second-order valence-corrected chi connectivity index (χ2v) is 9.88. The number of hydrogen-bond donors (Lipinski definition) is 4. The molecule has 3 rings (SSSR count). The van der Waals surface area contributed by atoms with Crippen molar-refractivity contribution in [3.63, 3.8) is 0 Å². The molecular weight excluding hydrogens is 558 g/mol. The number of carboxylic acid groups (broad SMARTS) is 4. The molecule has 1 aromatic rings. The second kappa shape index (κ2) is 22.3. The molecule has 0 amide bonds. The van der Waals surface area contributed by atoms with Crippen LogP contribution in [-0.2, 0) is 24.0 Å². The zero-order chi connectivity index (χ0) is 31.9. The largest absolute Gasteiger partial charge is 0.478 e. The Bertz CT molecular complexity index is 1060. The van der Waals surface area contributed by atoms with Gasteiger partial charge in [-0.25, -0.2) is 19.2 Å². The standard InChI is InChI=1S/C23H35N3O.2C4H4O4/c1-25-15-17-26(18-16-25)14-9-19-27-24-23-13-8-3-2-7-12-22(23)20-21-10-5-4-6-11-21;2*5-3(6)1-2-4(7)8/h4-6,10-11,20H,2-3,7-9,12-19H2,1H3;2*1-2H,(H,5,6)(H,7,8)/b;2*2-1+. The maximum absolute atomic E-state index is 9.55. The van der Waals surface area contributed by atoms with Gasteiger partial charge in [0.05, 0.1) is 5.71 Å². The third-order valence-electron chi connectivity index (χ3n) is 6.34. The van der Waals surface area contributed by atoms with Crippen LogP contribution in [-0.4, -0.2) is 106 Å². The van der Waals surface area contributed by atoms with Crippen molar-refractivity contribution in [3.05, 3.63) is 65.8 Å². The van der Waals surface area contributed by atoms with Crippen molar-refractivity contribution >= 4 is 35.7 Å². The number of allylic oxidation sites excluding steroid dienone is 1. The molecule has 2 fully saturated rings. The number of oxime groups is 1. The second-order valence-electron chi connectivity index (χ2n) is 9.88. The first kappa shape index (κ1) is 36.7. The molecule has 1 aliphatic carbocycles. The van der Waals surface area contributed by atoms with Crippen LogP contribution in [0.25, 0.3) is 6.08 Å². The summed E-state index contributed by atoms with van der Waals surface area (Å²) in [5.74, 6) is -5.03. The van der Waals surface area contributed by atoms with Gasteiger partial charge >= 0.3 is 23.9 Å². The van der Waals surface area contributed by atoms with E-state index in [0.29, 0.717) is 30.9 Å². The number of hydrogen-bond acceptors (Lipinski definition) is 8. The summed E-state index contributed by atoms with van der Waals surface area (Å²) in [4.78, 5) is 48.9. The molecule has 1 aromatic carbocycles. The normalized spacial score (nSPS) is 18.2. The van der Waals surface area contributed by atoms with Gasteiger partial charge in [-0.1, -0.05) is 48.3 Å². The number of benzene rings is 1. The fraction of sp³-hybridized carbons (Fsp3) is 0.452. The van der Waals surface area contributed by atoms with E-state index in [1.807, 2.05) is 0 Å². The van der Waals surface area contributed by atoms with E-state index in [0.717, 1.165) is 31.5 Å². The molecular formula is C31H43N3O9. The fourth-order valence-corrected chi connectivity index (χ4v) is 4.11. The summed E-state index contributed by atoms with van der Waals surface area (Å²) in [7, 11) is 2.20. The molecule has 0 spiro atoms. The molecule has 0 radical (unpaired) electrons. The Morgan fingerprint density at radius 1 is 0.767 bits per heavy atom. The number of carbonyl (C=O) groups is 4. The molecule has 2 aliphatic rings. The Labute approximate surface area is 252 Å². The van der Waals surface area contributed by atoms with Crippen LogP contribution >= 0.6 is 0 Å². The molecule has 0 bridgehead atoms. The summed E-state index contributed by atoms with van der Waals surface area (Å²) in [6.45, 7) is 6.54. The highest BCUT2D eigenvalue weighted by molar-refractivity contribution is 6.03. The summed E-state index contributed by atoms with van der Waals surface area (Å²) >= 11 is 0. The van der Waals surface area contributed by atoms with Gasteiger partial charge < -0.3 is 35.1 Å². The van der Waals surface area contributed by atoms with Crippen LogP contribution < -0.4 is 0 Å². The van der Waals surface area contributed by atoms with Crippen LogP contribution in [0.2, 0.25) is 0 Å². The van der Waals surface area contributed by atoms with Crippen molar-refractivity contribution < 1.29 is 44.4 Å². The van der Waals surface area contributed by atoms with Crippen molar-refractivity contribution in [2.75, 3.05) is 46.4 Å². The Balaban J connectivity index is 0.000000476. The van der Waals surface area contributed by atoms with Crippen molar-refractivity contribution in [1.29, 1.82) is 0 Å². The van der Waals surface area contributed by atoms with Crippen molar-refractivity contribution in [2.24, 2.45) is 5.16 Å². The molecule has 12 heteroatoms. The molecule has 1 saturated carbocycles. The minimum Gasteiger partial charge on any atom is -0.478 e. The zero-order valence-electron chi connectivity index (χ0n) is 24.6. The van der Waals surface area contributed by atoms with E-state index in [4.69, 9.17) is 25.3 Å². The minimum absolute atomic E-state index is 0.558. The van der Waals surface area contributed by atoms with Crippen molar-refractivity contribution in [3.8, 4) is 0 Å². The van der Waals surface area contributed by atoms with Gasteiger partial charge in [0, 0.05) is 57.0 Å². The Hall–Kier alpha value is -4.29. The first-order valence-electron chi connectivity index (χ1n) is 14.2. The van der Waals surface area contributed by atoms with Crippen molar-refractivity contribution in [2.45, 2.75) is 44.9 Å². The molecule has 43 heavy (non-hydrogen) atoms. The summed E-state index contributed by atoms with van der Waals surface area (Å²) in [5.41, 5.74) is 3.79. The number of aliphatic carboxylic acids is 4. The van der Waals surface area contributed by atoms with E-state index >= 15 is 0 Å². The summed E-state index contributed by atoms with van der Waals surface area (Å²) in [6.07, 6.45) is 12.8. The lowest BCUT2D eigenvalue weighted by atomic mass is 9.93. The van der Waals surface area contributed by atoms with Crippen molar-refractivity contribution in [1.82, 2.24) is 9.80 Å². The maximum Gasteiger partial charge on any atom is 0.328 e. The van der Waals surface area contributed by atoms with E-state index < -0.39 is 23.9 Å². The quantitative estimate of drug-likeness (QED) is 0.174. The van der Waals surface area contributed by atoms with E-state index in [1.165, 1.54) is 63.0 Å². The number of piperazine rings is 1. The molecule has 1 aliphatic heterocycles. The highest BCUT2D eigenvalue weighted by Gasteiger charge is 2.14. The van der Waals surface area contributed by atoms with Crippen LogP contribution in [0.4, 0.5) is 0 Å². The van der Waals surface area contributed by atoms with E-state index in [2.05, 4.69) is 58.4 Å². The van der Waals surface area contributed by atoms with Gasteiger partial charge in [-0.05, 0) is 56.4 Å². The van der Waals surface area contributed by atoms with E-state index in [1.54, 1.807) is 0 Å². The van der Waals surface area contributed by atoms with Crippen LogP contribution in [0.5, 0.6) is 0 Å². The first-order chi connectivity index (χ1) is 20.6. The lowest BCUT2D eigenvalue weighted by molar-refractivity contribution is -0.134. The van der Waals surface area contributed by atoms with Gasteiger partial charge in [0.1, 0.15) is 6.61 Å². The molecule has 236 valence electrons. The molecule has 0 atom stereocenters. The number of nitrogens with zero attached hydrogens (tertiary/aromatic N) is 3. The Morgan fingerprint density at radius 3 is 1.79 bits per heavy atom. The minimum atomic E-state index is -1.26. The molecule has 1 saturated heterocycles. The maximum atomic E-state index is 9.55. The lowest BCUT2D eigenvalue weighted by Crippen LogP contribution is -2.44. The average Bonchev–Trinajstić information content (AvgIpc) is 2.95. The lowest BCUT2D eigenvalue weighted by Gasteiger charge is -2.32. The highest BCUT2D eigenvalue weighted by Crippen LogP contribution is 2.22. The summed E-state index contributed by atoms with van der Waals surface area (Å²) in [6, 6.07) is 10.6. The van der Waals surface area contributed by atoms with E-state index in [9.17, 15) is 19.2 Å². The smallest absolute Gasteiger partial charge is 0.328 e. The van der Waals surface area contributed by atoms with Crippen LogP contribution in [0, 0.1) is 0 Å². The molecule has 1 heterocycles. The van der Waals surface area contributed by atoms with E-state index in [-0.39, 0.29) is 0 Å². The van der Waals surface area contributed by atoms with Crippen LogP contribution in [0.15, 0.2) is 65.4 Å². The van der Waals surface area contributed by atoms with Gasteiger partial charge in [-0.3, -0.25) is 0 Å². The summed E-state index contributed by atoms with van der Waals surface area (Å²) < 4.78 is 0. The monoisotopic (exact) mass is 601 g/mol.